The summed E-state index contributed by atoms with van der Waals surface area (Å²) in [6, 6.07) is 8.81. The lowest BCUT2D eigenvalue weighted by molar-refractivity contribution is -0.127. The molecule has 0 spiro atoms. The summed E-state index contributed by atoms with van der Waals surface area (Å²) in [4.78, 5) is 32.4. The van der Waals surface area contributed by atoms with E-state index in [-0.39, 0.29) is 5.71 Å². The first-order valence-electron chi connectivity index (χ1n) is 8.67. The number of nitrogens with two attached hydrogens (primary N) is 2. The Morgan fingerprint density at radius 2 is 1.96 bits per heavy atom. The van der Waals surface area contributed by atoms with Crippen LogP contribution in [0.1, 0.15) is 30.7 Å². The third kappa shape index (κ3) is 5.06. The topological polar surface area (TPSA) is 133 Å². The fourth-order valence-electron chi connectivity index (χ4n) is 2.33. The number of aliphatic imine (C=N–C) groups is 1. The number of benzene rings is 1. The minimum absolute atomic E-state index is 0.0780. The first kappa shape index (κ1) is 20.9. The van der Waals surface area contributed by atoms with Crippen molar-refractivity contribution < 1.29 is 14.3 Å². The lowest BCUT2D eigenvalue weighted by Crippen LogP contribution is -2.54. The number of hydrogen-bond acceptors (Lipinski definition) is 6. The summed E-state index contributed by atoms with van der Waals surface area (Å²) < 4.78 is 5.78. The smallest absolute Gasteiger partial charge is 0.270 e. The van der Waals surface area contributed by atoms with Crippen LogP contribution in [0.2, 0.25) is 0 Å². The van der Waals surface area contributed by atoms with Gasteiger partial charge in [-0.05, 0) is 45.0 Å². The molecule has 2 aromatic rings. The molecule has 0 aliphatic heterocycles. The van der Waals surface area contributed by atoms with E-state index < -0.39 is 17.4 Å². The number of carbonyl (C=O) groups excluding carboxylic acids is 2. The summed E-state index contributed by atoms with van der Waals surface area (Å²) in [5, 5.41) is 2.57. The van der Waals surface area contributed by atoms with E-state index in [0.29, 0.717) is 23.6 Å². The predicted molar refractivity (Wildman–Crippen MR) is 108 cm³/mol. The zero-order valence-electron chi connectivity index (χ0n) is 16.4. The van der Waals surface area contributed by atoms with E-state index in [1.165, 1.54) is 20.9 Å². The zero-order valence-corrected chi connectivity index (χ0v) is 16.4. The van der Waals surface area contributed by atoms with E-state index in [0.717, 1.165) is 11.3 Å². The van der Waals surface area contributed by atoms with Crippen LogP contribution < -0.4 is 21.5 Å². The molecule has 28 heavy (non-hydrogen) atoms. The first-order valence-corrected chi connectivity index (χ1v) is 8.67. The molecular formula is C20H25N5O3. The number of primary amides is 1. The van der Waals surface area contributed by atoms with Gasteiger partial charge in [-0.25, -0.2) is 0 Å². The normalized spacial score (nSPS) is 11.8. The summed E-state index contributed by atoms with van der Waals surface area (Å²) in [6.45, 7) is 5.25. The largest absolute Gasteiger partial charge is 0.489 e. The molecule has 0 unspecified atom stereocenters. The molecule has 0 radical (unpaired) electrons. The minimum atomic E-state index is -1.23. The van der Waals surface area contributed by atoms with Crippen molar-refractivity contribution in [3.05, 3.63) is 53.3 Å². The number of pyridine rings is 1. The van der Waals surface area contributed by atoms with Crippen LogP contribution in [-0.4, -0.2) is 35.1 Å². The van der Waals surface area contributed by atoms with E-state index in [4.69, 9.17) is 16.2 Å². The highest BCUT2D eigenvalue weighted by molar-refractivity contribution is 6.46. The number of nitrogen functional groups attached to an aromatic ring is 1. The molecule has 5 N–H and O–H groups in total. The van der Waals surface area contributed by atoms with E-state index in [2.05, 4.69) is 15.3 Å². The van der Waals surface area contributed by atoms with Gasteiger partial charge in [0.25, 0.3) is 5.91 Å². The second-order valence-electron chi connectivity index (χ2n) is 6.86. The molecule has 0 fully saturated rings. The lowest BCUT2D eigenvalue weighted by atomic mass is 10.0. The zero-order chi connectivity index (χ0) is 20.9. The van der Waals surface area contributed by atoms with Crippen LogP contribution in [0.25, 0.3) is 0 Å². The standard InChI is InChI=1S/C20H25N5O3/c1-12-5-6-13(10-24-12)11-28-14-7-8-16(21)15(9-14)17(23-4)18(26)25-20(2,3)19(22)27/h5-10H,11,21H2,1-4H3,(H2,22,27)(H,25,26). The number of nitrogens with one attached hydrogen (secondary N) is 1. The van der Waals surface area contributed by atoms with E-state index in [1.807, 2.05) is 19.1 Å². The number of hydrogen-bond donors (Lipinski definition) is 3. The fraction of sp³-hybridized carbons (Fsp3) is 0.300. The molecule has 8 nitrogen and oxygen atoms in total. The Balaban J connectivity index is 2.21. The van der Waals surface area contributed by atoms with Crippen molar-refractivity contribution in [3.8, 4) is 5.75 Å². The monoisotopic (exact) mass is 383 g/mol. The number of nitrogens with zero attached hydrogens (tertiary/aromatic N) is 2. The van der Waals surface area contributed by atoms with E-state index >= 15 is 0 Å². The van der Waals surface area contributed by atoms with Crippen LogP contribution >= 0.6 is 0 Å². The molecule has 0 saturated heterocycles. The fourth-order valence-corrected chi connectivity index (χ4v) is 2.33. The molecule has 0 atom stereocenters. The Morgan fingerprint density at radius 1 is 1.25 bits per heavy atom. The second-order valence-corrected chi connectivity index (χ2v) is 6.86. The quantitative estimate of drug-likeness (QED) is 0.490. The van der Waals surface area contributed by atoms with Crippen molar-refractivity contribution in [1.82, 2.24) is 10.3 Å². The van der Waals surface area contributed by atoms with Crippen molar-refractivity contribution in [3.63, 3.8) is 0 Å². The molecule has 2 rings (SSSR count). The number of aryl methyl sites for hydroxylation is 1. The van der Waals surface area contributed by atoms with Gasteiger partial charge in [0.05, 0.1) is 0 Å². The Labute approximate surface area is 164 Å². The average Bonchev–Trinajstić information content (AvgIpc) is 2.63. The highest BCUT2D eigenvalue weighted by atomic mass is 16.5. The first-order chi connectivity index (χ1) is 13.1. The van der Waals surface area contributed by atoms with Gasteiger partial charge in [-0.15, -0.1) is 0 Å². The van der Waals surface area contributed by atoms with Crippen LogP contribution in [0.4, 0.5) is 5.69 Å². The molecule has 1 aromatic heterocycles. The molecule has 0 aliphatic carbocycles. The summed E-state index contributed by atoms with van der Waals surface area (Å²) in [7, 11) is 1.47. The van der Waals surface area contributed by atoms with E-state index in [1.54, 1.807) is 24.4 Å². The molecule has 1 aromatic carbocycles. The van der Waals surface area contributed by atoms with Crippen molar-refractivity contribution in [2.75, 3.05) is 12.8 Å². The number of anilines is 1. The molecule has 0 bridgehead atoms. The maximum atomic E-state index is 12.6. The van der Waals surface area contributed by atoms with Gasteiger partial charge in [-0.1, -0.05) is 6.07 Å². The highest BCUT2D eigenvalue weighted by Gasteiger charge is 2.29. The van der Waals surface area contributed by atoms with Crippen LogP contribution in [-0.2, 0) is 16.2 Å². The van der Waals surface area contributed by atoms with Crippen molar-refractivity contribution >= 4 is 23.2 Å². The van der Waals surface area contributed by atoms with Gasteiger partial charge in [-0.3, -0.25) is 19.6 Å². The Kier molecular flexibility index (Phi) is 6.35. The number of rotatable bonds is 7. The second kappa shape index (κ2) is 8.51. The average molecular weight is 383 g/mol. The lowest BCUT2D eigenvalue weighted by Gasteiger charge is -2.23. The van der Waals surface area contributed by atoms with Crippen LogP contribution in [0, 0.1) is 6.92 Å². The third-order valence-electron chi connectivity index (χ3n) is 4.14. The Bertz CT molecular complexity index is 905. The molecule has 148 valence electrons. The van der Waals surface area contributed by atoms with Gasteiger partial charge in [0.2, 0.25) is 5.91 Å². The number of carbonyl (C=O) groups is 2. The SMILES string of the molecule is CN=C(C(=O)NC(C)(C)C(N)=O)c1cc(OCc2ccc(C)nc2)ccc1N. The van der Waals surface area contributed by atoms with Crippen LogP contribution in [0.5, 0.6) is 5.75 Å². The van der Waals surface area contributed by atoms with Crippen LogP contribution in [0.15, 0.2) is 41.5 Å². The van der Waals surface area contributed by atoms with Gasteiger partial charge >= 0.3 is 0 Å². The van der Waals surface area contributed by atoms with Gasteiger partial charge in [-0.2, -0.15) is 0 Å². The molecule has 0 aliphatic rings. The summed E-state index contributed by atoms with van der Waals surface area (Å²) in [6.07, 6.45) is 1.74. The summed E-state index contributed by atoms with van der Waals surface area (Å²) in [5.41, 5.74) is 12.8. The van der Waals surface area contributed by atoms with Crippen molar-refractivity contribution in [2.24, 2.45) is 10.7 Å². The molecule has 2 amide bonds. The molecular weight excluding hydrogens is 358 g/mol. The number of aromatic nitrogens is 1. The van der Waals surface area contributed by atoms with Crippen LogP contribution in [0.3, 0.4) is 0 Å². The minimum Gasteiger partial charge on any atom is -0.489 e. The van der Waals surface area contributed by atoms with Gasteiger partial charge in [0, 0.05) is 35.8 Å². The summed E-state index contributed by atoms with van der Waals surface area (Å²) in [5.74, 6) is -0.696. The Hall–Kier alpha value is -3.42. The van der Waals surface area contributed by atoms with Crippen molar-refractivity contribution in [2.45, 2.75) is 32.9 Å². The molecule has 0 saturated carbocycles. The van der Waals surface area contributed by atoms with Gasteiger partial charge in [0.15, 0.2) is 0 Å². The Morgan fingerprint density at radius 3 is 2.54 bits per heavy atom. The van der Waals surface area contributed by atoms with E-state index in [9.17, 15) is 9.59 Å². The number of ether oxygens (including phenoxy) is 1. The third-order valence-corrected chi connectivity index (χ3v) is 4.14. The van der Waals surface area contributed by atoms with Gasteiger partial charge in [0.1, 0.15) is 23.6 Å². The predicted octanol–water partition coefficient (Wildman–Crippen LogP) is 1.35. The maximum Gasteiger partial charge on any atom is 0.270 e. The number of amides is 2. The summed E-state index contributed by atoms with van der Waals surface area (Å²) >= 11 is 0. The van der Waals surface area contributed by atoms with Crippen molar-refractivity contribution in [1.29, 1.82) is 0 Å². The van der Waals surface area contributed by atoms with Gasteiger partial charge < -0.3 is 21.5 Å². The molecule has 8 heteroatoms. The molecule has 1 heterocycles. The maximum absolute atomic E-state index is 12.6. The highest BCUT2D eigenvalue weighted by Crippen LogP contribution is 2.22.